The van der Waals surface area contributed by atoms with Crippen molar-refractivity contribution in [3.8, 4) is 0 Å². The van der Waals surface area contributed by atoms with E-state index in [-0.39, 0.29) is 5.92 Å². The van der Waals surface area contributed by atoms with E-state index >= 15 is 0 Å². The van der Waals surface area contributed by atoms with E-state index in [1.54, 1.807) is 16.7 Å². The van der Waals surface area contributed by atoms with Gasteiger partial charge in [0.2, 0.25) is 0 Å². The first-order chi connectivity index (χ1) is 10.1. The summed E-state index contributed by atoms with van der Waals surface area (Å²) < 4.78 is 28.6. The number of halogens is 1. The Labute approximate surface area is 132 Å². The van der Waals surface area contributed by atoms with Gasteiger partial charge in [-0.15, -0.1) is 11.6 Å². The minimum atomic E-state index is -3.43. The van der Waals surface area contributed by atoms with E-state index in [2.05, 4.69) is 4.98 Å². The molecule has 0 saturated carbocycles. The highest BCUT2D eigenvalue weighted by Crippen LogP contribution is 2.22. The number of piperidine rings is 1. The van der Waals surface area contributed by atoms with Crippen LogP contribution >= 0.6 is 11.6 Å². The summed E-state index contributed by atoms with van der Waals surface area (Å²) >= 11 is 5.90. The Bertz CT molecular complexity index is 538. The summed E-state index contributed by atoms with van der Waals surface area (Å²) in [6.45, 7) is 3.80. The molecule has 1 saturated heterocycles. The predicted molar refractivity (Wildman–Crippen MR) is 84.3 cm³/mol. The molecule has 1 unspecified atom stereocenters. The molecule has 0 N–H and O–H groups in total. The van der Waals surface area contributed by atoms with Crippen molar-refractivity contribution in [3.63, 3.8) is 0 Å². The molecule has 1 aromatic heterocycles. The quantitative estimate of drug-likeness (QED) is 0.750. The van der Waals surface area contributed by atoms with E-state index in [0.29, 0.717) is 32.1 Å². The molecule has 1 aliphatic rings. The number of hydrogen-bond acceptors (Lipinski definition) is 3. The van der Waals surface area contributed by atoms with Crippen LogP contribution in [-0.4, -0.2) is 47.5 Å². The molecule has 2 heterocycles. The highest BCUT2D eigenvalue weighted by atomic mass is 35.5. The van der Waals surface area contributed by atoms with Gasteiger partial charge in [0.05, 0.1) is 0 Å². The number of hydrogen-bond donors (Lipinski definition) is 0. The summed E-state index contributed by atoms with van der Waals surface area (Å²) in [5.74, 6) is 0.775. The van der Waals surface area contributed by atoms with Gasteiger partial charge in [-0.2, -0.15) is 17.0 Å². The molecule has 0 bridgehead atoms. The van der Waals surface area contributed by atoms with Gasteiger partial charge in [-0.1, -0.05) is 6.92 Å². The first-order valence-corrected chi connectivity index (χ1v) is 9.21. The van der Waals surface area contributed by atoms with Crippen molar-refractivity contribution in [2.24, 2.45) is 5.92 Å². The van der Waals surface area contributed by atoms with Crippen molar-refractivity contribution >= 4 is 21.8 Å². The van der Waals surface area contributed by atoms with Crippen molar-refractivity contribution in [2.75, 3.05) is 25.5 Å². The highest BCUT2D eigenvalue weighted by Gasteiger charge is 2.32. The summed E-state index contributed by atoms with van der Waals surface area (Å²) in [4.78, 5) is 3.96. The molecule has 1 fully saturated rings. The summed E-state index contributed by atoms with van der Waals surface area (Å²) in [7, 11) is -3.43. The Morgan fingerprint density at radius 1 is 1.43 bits per heavy atom. The van der Waals surface area contributed by atoms with Gasteiger partial charge in [0.1, 0.15) is 0 Å². The molecule has 7 heteroatoms. The number of aromatic nitrogens is 1. The zero-order chi connectivity index (χ0) is 15.3. The smallest absolute Gasteiger partial charge is 0.265 e. The van der Waals surface area contributed by atoms with Crippen molar-refractivity contribution in [2.45, 2.75) is 26.3 Å². The first kappa shape index (κ1) is 16.7. The molecule has 21 heavy (non-hydrogen) atoms. The fourth-order valence-electron chi connectivity index (χ4n) is 2.57. The fourth-order valence-corrected chi connectivity index (χ4v) is 4.55. The lowest BCUT2D eigenvalue weighted by Crippen LogP contribution is -2.48. The van der Waals surface area contributed by atoms with Gasteiger partial charge in [0.15, 0.2) is 0 Å². The molecule has 0 aliphatic carbocycles. The Hall–Kier alpha value is -0.690. The van der Waals surface area contributed by atoms with Gasteiger partial charge in [-0.25, -0.2) is 0 Å². The molecule has 0 amide bonds. The maximum absolute atomic E-state index is 12.8. The Morgan fingerprint density at radius 2 is 2.14 bits per heavy atom. The third-order valence-electron chi connectivity index (χ3n) is 3.81. The van der Waals surface area contributed by atoms with Crippen LogP contribution in [0.4, 0.5) is 0 Å². The summed E-state index contributed by atoms with van der Waals surface area (Å²) in [6, 6.07) is 3.69. The molecular formula is C14H22ClN3O2S. The van der Waals surface area contributed by atoms with E-state index in [1.165, 1.54) is 4.31 Å². The molecule has 5 nitrogen and oxygen atoms in total. The average molecular weight is 332 g/mol. The predicted octanol–water partition coefficient (Wildman–Crippen LogP) is 2.10. The normalized spacial score (nSPS) is 20.8. The Kier molecular flexibility index (Phi) is 5.98. The third kappa shape index (κ3) is 4.16. The monoisotopic (exact) mass is 331 g/mol. The van der Waals surface area contributed by atoms with Gasteiger partial charge in [0, 0.05) is 44.5 Å². The largest absolute Gasteiger partial charge is 0.282 e. The van der Waals surface area contributed by atoms with Crippen LogP contribution in [0.5, 0.6) is 0 Å². The molecular weight excluding hydrogens is 310 g/mol. The minimum Gasteiger partial charge on any atom is -0.265 e. The number of nitrogens with zero attached hydrogens (tertiary/aromatic N) is 3. The van der Waals surface area contributed by atoms with E-state index < -0.39 is 10.2 Å². The van der Waals surface area contributed by atoms with Crippen LogP contribution in [0.15, 0.2) is 24.5 Å². The summed E-state index contributed by atoms with van der Waals surface area (Å²) in [5.41, 5.74) is 0.946. The lowest BCUT2D eigenvalue weighted by Gasteiger charge is -2.34. The van der Waals surface area contributed by atoms with Crippen LogP contribution in [0.2, 0.25) is 0 Å². The number of alkyl halides is 1. The second kappa shape index (κ2) is 7.54. The summed E-state index contributed by atoms with van der Waals surface area (Å²) in [5, 5.41) is 0. The van der Waals surface area contributed by atoms with Crippen molar-refractivity contribution < 1.29 is 8.42 Å². The van der Waals surface area contributed by atoms with Gasteiger partial charge in [-0.05, 0) is 36.5 Å². The second-order valence-electron chi connectivity index (χ2n) is 5.31. The van der Waals surface area contributed by atoms with Gasteiger partial charge < -0.3 is 0 Å². The van der Waals surface area contributed by atoms with Gasteiger partial charge in [0.25, 0.3) is 10.2 Å². The molecule has 2 rings (SSSR count). The highest BCUT2D eigenvalue weighted by molar-refractivity contribution is 7.86. The van der Waals surface area contributed by atoms with Crippen LogP contribution in [0.1, 0.15) is 25.3 Å². The molecule has 1 aromatic rings. The topological polar surface area (TPSA) is 53.5 Å². The van der Waals surface area contributed by atoms with E-state index in [4.69, 9.17) is 11.6 Å². The van der Waals surface area contributed by atoms with Crippen LogP contribution in [-0.2, 0) is 16.8 Å². The van der Waals surface area contributed by atoms with Gasteiger partial charge >= 0.3 is 0 Å². The van der Waals surface area contributed by atoms with E-state index in [1.807, 2.05) is 19.1 Å². The van der Waals surface area contributed by atoms with Crippen molar-refractivity contribution in [3.05, 3.63) is 30.1 Å². The number of pyridine rings is 1. The standard InChI is InChI=1S/C14H22ClN3O2S/c1-2-17(11-13-5-7-16-8-6-13)21(19,20)18-9-3-4-14(10-15)12-18/h5-8,14H,2-4,9-12H2,1H3. The maximum Gasteiger partial charge on any atom is 0.282 e. The average Bonchev–Trinajstić information content (AvgIpc) is 2.53. The van der Waals surface area contributed by atoms with Gasteiger partial charge in [-0.3, -0.25) is 4.98 Å². The second-order valence-corrected chi connectivity index (χ2v) is 7.55. The molecule has 0 spiro atoms. The fraction of sp³-hybridized carbons (Fsp3) is 0.643. The number of rotatable bonds is 6. The lowest BCUT2D eigenvalue weighted by molar-refractivity contribution is 0.259. The van der Waals surface area contributed by atoms with E-state index in [9.17, 15) is 8.42 Å². The zero-order valence-corrected chi connectivity index (χ0v) is 13.9. The van der Waals surface area contributed by atoms with Crippen LogP contribution in [0.25, 0.3) is 0 Å². The van der Waals surface area contributed by atoms with Crippen molar-refractivity contribution in [1.29, 1.82) is 0 Å². The Balaban J connectivity index is 2.12. The minimum absolute atomic E-state index is 0.259. The zero-order valence-electron chi connectivity index (χ0n) is 12.3. The first-order valence-electron chi connectivity index (χ1n) is 7.28. The Morgan fingerprint density at radius 3 is 2.76 bits per heavy atom. The molecule has 0 radical (unpaired) electrons. The molecule has 1 atom stereocenters. The molecule has 118 valence electrons. The van der Waals surface area contributed by atoms with Crippen LogP contribution in [0, 0.1) is 5.92 Å². The van der Waals surface area contributed by atoms with Crippen molar-refractivity contribution in [1.82, 2.24) is 13.6 Å². The molecule has 1 aliphatic heterocycles. The summed E-state index contributed by atoms with van der Waals surface area (Å²) in [6.07, 6.45) is 5.25. The lowest BCUT2D eigenvalue weighted by atomic mass is 10.0. The molecule has 0 aromatic carbocycles. The van der Waals surface area contributed by atoms with Crippen LogP contribution < -0.4 is 0 Å². The van der Waals surface area contributed by atoms with E-state index in [0.717, 1.165) is 18.4 Å². The maximum atomic E-state index is 12.8. The third-order valence-corrected chi connectivity index (χ3v) is 6.27. The SMILES string of the molecule is CCN(Cc1ccncc1)S(=O)(=O)N1CCCC(CCl)C1. The van der Waals surface area contributed by atoms with Crippen LogP contribution in [0.3, 0.4) is 0 Å².